The van der Waals surface area contributed by atoms with Gasteiger partial charge in [0.1, 0.15) is 0 Å². The zero-order chi connectivity index (χ0) is 57.9. The van der Waals surface area contributed by atoms with Gasteiger partial charge in [0.05, 0.1) is 45.6 Å². The Hall–Kier alpha value is -5.24. The molecule has 0 amide bonds. The molecule has 0 aliphatic heterocycles. The van der Waals surface area contributed by atoms with Crippen LogP contribution in [0.4, 0.5) is 0 Å². The van der Waals surface area contributed by atoms with E-state index in [-0.39, 0.29) is 34.1 Å². The van der Waals surface area contributed by atoms with Crippen molar-refractivity contribution in [2.24, 2.45) is 0 Å². The van der Waals surface area contributed by atoms with Gasteiger partial charge in [-0.1, -0.05) is 48.5 Å². The minimum absolute atomic E-state index is 0. The number of hydrogen-bond donors (Lipinski definition) is 0. The van der Waals surface area contributed by atoms with Crippen LogP contribution in [0, 0.1) is 96.4 Å². The summed E-state index contributed by atoms with van der Waals surface area (Å²) < 4.78 is 136. The van der Waals surface area contributed by atoms with Crippen molar-refractivity contribution < 1.29 is 150 Å². The van der Waals surface area contributed by atoms with E-state index in [1.165, 1.54) is 0 Å². The zero-order valence-corrected chi connectivity index (χ0v) is 47.0. The van der Waals surface area contributed by atoms with Crippen molar-refractivity contribution >= 4 is 0 Å². The van der Waals surface area contributed by atoms with Crippen molar-refractivity contribution in [1.82, 2.24) is 39.9 Å². The topological polar surface area (TPSA) is 472 Å². The third kappa shape index (κ3) is 41.8. The first-order valence-corrected chi connectivity index (χ1v) is 25.9. The molecular weight excluding hydrogens is 1210 g/mol. The zero-order valence-electron chi connectivity index (χ0n) is 42.1. The number of hydrogen-bond acceptors (Lipinski definition) is 24. The van der Waals surface area contributed by atoms with Crippen LogP contribution < -0.4 is 74.5 Å². The van der Waals surface area contributed by atoms with Gasteiger partial charge in [-0.2, -0.15) is 0 Å². The second-order valence-electron chi connectivity index (χ2n) is 14.8. The van der Waals surface area contributed by atoms with E-state index in [2.05, 4.69) is 39.9 Å². The van der Waals surface area contributed by atoms with Crippen molar-refractivity contribution in [3.63, 3.8) is 0 Å². The molecule has 8 rings (SSSR count). The molecule has 0 spiro atoms. The molecule has 78 heavy (non-hydrogen) atoms. The maximum atomic E-state index is 8.49. The molecule has 0 bridgehead atoms. The van der Waals surface area contributed by atoms with Crippen molar-refractivity contribution in [3.8, 4) is 45.6 Å². The summed E-state index contributed by atoms with van der Waals surface area (Å²) >= 11 is 0. The molecule has 8 heterocycles. The standard InChI is InChI=1S/4C12H12N2.4ClHO4.2Cu/c4*1-9-5-3-7-11(13-9)12-8-4-6-10(2)14-12;4*2-1(3,4)5;;/h4*3-8H,1-2H3;4*(H,2,3,4,5);;/q;;;;;;;;2*+2/p-4. The van der Waals surface area contributed by atoms with Gasteiger partial charge in [-0.15, -0.1) is 41.0 Å². The molecule has 30 heteroatoms. The van der Waals surface area contributed by atoms with Gasteiger partial charge in [0.15, 0.2) is 0 Å². The minimum atomic E-state index is -4.94. The molecule has 0 aliphatic rings. The predicted octanol–water partition coefficient (Wildman–Crippen LogP) is -7.99. The second-order valence-corrected chi connectivity index (χ2v) is 17.8. The average molecular weight is 1260 g/mol. The fourth-order valence-electron chi connectivity index (χ4n) is 5.49. The van der Waals surface area contributed by atoms with Crippen molar-refractivity contribution in [3.05, 3.63) is 191 Å². The summed E-state index contributed by atoms with van der Waals surface area (Å²) in [5.41, 5.74) is 15.7. The largest absolute Gasteiger partial charge is 2.00 e. The van der Waals surface area contributed by atoms with Crippen molar-refractivity contribution in [2.45, 2.75) is 55.4 Å². The van der Waals surface area contributed by atoms with Gasteiger partial charge in [0.25, 0.3) is 0 Å². The Balaban J connectivity index is 0. The molecular formula is C48H48Cl4Cu2N8O16. The number of rotatable bonds is 4. The van der Waals surface area contributed by atoms with Gasteiger partial charge in [-0.3, -0.25) is 39.9 Å². The van der Waals surface area contributed by atoms with Crippen LogP contribution in [0.1, 0.15) is 45.6 Å². The summed E-state index contributed by atoms with van der Waals surface area (Å²) in [6.07, 6.45) is 0. The first kappa shape index (κ1) is 74.8. The van der Waals surface area contributed by atoms with E-state index in [0.717, 1.165) is 91.1 Å². The summed E-state index contributed by atoms with van der Waals surface area (Å²) in [7, 11) is -19.8. The Bertz CT molecular complexity index is 2380. The first-order chi connectivity index (χ1) is 35.0. The van der Waals surface area contributed by atoms with E-state index in [1.54, 1.807) is 0 Å². The fraction of sp³-hybridized carbons (Fsp3) is 0.167. The average Bonchev–Trinajstić information content (AvgIpc) is 3.28. The molecule has 426 valence electrons. The number of halogens is 4. The summed E-state index contributed by atoms with van der Waals surface area (Å²) in [5, 5.41) is 0. The number of aromatic nitrogens is 8. The molecule has 0 atom stereocenters. The van der Waals surface area contributed by atoms with E-state index in [9.17, 15) is 0 Å². The molecule has 8 aromatic rings. The van der Waals surface area contributed by atoms with E-state index >= 15 is 0 Å². The number of aryl methyl sites for hydroxylation is 8. The van der Waals surface area contributed by atoms with Crippen LogP contribution >= 0.6 is 0 Å². The van der Waals surface area contributed by atoms with Gasteiger partial charge in [-0.25, -0.2) is 74.5 Å². The summed E-state index contributed by atoms with van der Waals surface area (Å²) in [4.78, 5) is 35.4. The van der Waals surface area contributed by atoms with Gasteiger partial charge in [0.2, 0.25) is 0 Å². The Morgan fingerprint density at radius 3 is 0.333 bits per heavy atom. The van der Waals surface area contributed by atoms with E-state index in [0.29, 0.717) is 0 Å². The Morgan fingerprint density at radius 1 is 0.192 bits per heavy atom. The van der Waals surface area contributed by atoms with Crippen LogP contribution in [-0.4, -0.2) is 39.9 Å². The maximum absolute atomic E-state index is 8.49. The second kappa shape index (κ2) is 36.8. The van der Waals surface area contributed by atoms with E-state index in [4.69, 9.17) is 74.5 Å². The predicted molar refractivity (Wildman–Crippen MR) is 228 cm³/mol. The Morgan fingerprint density at radius 2 is 0.269 bits per heavy atom. The Labute approximate surface area is 478 Å². The van der Waals surface area contributed by atoms with Gasteiger partial charge in [-0.05, 0) is 152 Å². The summed E-state index contributed by atoms with van der Waals surface area (Å²) in [6.45, 7) is 15.9. The molecule has 0 saturated carbocycles. The molecule has 2 radical (unpaired) electrons. The molecule has 0 saturated heterocycles. The molecule has 24 nitrogen and oxygen atoms in total. The molecule has 0 aromatic carbocycles. The first-order valence-electron chi connectivity index (χ1n) is 21.0. The SMILES string of the molecule is Cc1cccc(-c2cccc(C)n2)n1.Cc1cccc(-c2cccc(C)n2)n1.Cc1cccc(-c2cccc(C)n2)n1.Cc1cccc(-c2cccc(C)n2)n1.[Cu+2].[Cu+2].[O-][Cl+3]([O-])([O-])[O-].[O-][Cl+3]([O-])([O-])[O-].[O-][Cl+3]([O-])([O-])[O-].[O-][Cl+3]([O-])([O-])[O-]. The Kier molecular flexibility index (Phi) is 35.3. The van der Waals surface area contributed by atoms with E-state index in [1.807, 2.05) is 201 Å². The number of nitrogens with zero attached hydrogens (tertiary/aromatic N) is 8. The van der Waals surface area contributed by atoms with Crippen LogP contribution in [0.25, 0.3) is 45.6 Å². The molecule has 0 aliphatic carbocycles. The van der Waals surface area contributed by atoms with Crippen LogP contribution in [0.3, 0.4) is 0 Å². The normalized spacial score (nSPS) is 10.4. The number of pyridine rings is 8. The van der Waals surface area contributed by atoms with Crippen LogP contribution in [0.15, 0.2) is 146 Å². The molecule has 0 N–H and O–H groups in total. The van der Waals surface area contributed by atoms with Crippen LogP contribution in [-0.2, 0) is 34.1 Å². The van der Waals surface area contributed by atoms with Crippen LogP contribution in [0.2, 0.25) is 0 Å². The van der Waals surface area contributed by atoms with Gasteiger partial charge < -0.3 is 0 Å². The van der Waals surface area contributed by atoms with Gasteiger partial charge in [0, 0.05) is 45.6 Å². The quantitative estimate of drug-likeness (QED) is 0.148. The third-order valence-corrected chi connectivity index (χ3v) is 8.16. The van der Waals surface area contributed by atoms with Crippen molar-refractivity contribution in [1.29, 1.82) is 0 Å². The molecule has 0 fully saturated rings. The third-order valence-electron chi connectivity index (χ3n) is 8.16. The van der Waals surface area contributed by atoms with Crippen molar-refractivity contribution in [2.75, 3.05) is 0 Å². The minimum Gasteiger partial charge on any atom is -0.251 e. The maximum Gasteiger partial charge on any atom is 2.00 e. The van der Waals surface area contributed by atoms with Gasteiger partial charge >= 0.3 is 34.1 Å². The summed E-state index contributed by atoms with van der Waals surface area (Å²) in [5.74, 6) is 0. The molecule has 8 aromatic heterocycles. The van der Waals surface area contributed by atoms with E-state index < -0.39 is 41.0 Å². The molecule has 0 unspecified atom stereocenters. The smallest absolute Gasteiger partial charge is 0.251 e. The fourth-order valence-corrected chi connectivity index (χ4v) is 5.49. The summed E-state index contributed by atoms with van der Waals surface area (Å²) in [6, 6.07) is 47.7. The van der Waals surface area contributed by atoms with Crippen LogP contribution in [0.5, 0.6) is 0 Å². The monoisotopic (exact) mass is 1260 g/mol.